The lowest BCUT2D eigenvalue weighted by Gasteiger charge is -2.09. The number of anilines is 1. The van der Waals surface area contributed by atoms with E-state index in [1.165, 1.54) is 4.57 Å². The fraction of sp³-hybridized carbons (Fsp3) is 0.231. The lowest BCUT2D eigenvalue weighted by molar-refractivity contribution is 0.606. The van der Waals surface area contributed by atoms with E-state index in [-0.39, 0.29) is 11.4 Å². The summed E-state index contributed by atoms with van der Waals surface area (Å²) in [4.78, 5) is 15.6. The van der Waals surface area contributed by atoms with Gasteiger partial charge in [0.25, 0.3) is 5.56 Å². The molecule has 1 heterocycles. The minimum atomic E-state index is -2.54. The number of hydrogen-bond donors (Lipinski definition) is 2. The smallest absolute Gasteiger partial charge is 0.292 e. The van der Waals surface area contributed by atoms with Gasteiger partial charge in [0.1, 0.15) is 10.7 Å². The molecule has 1 aromatic carbocycles. The van der Waals surface area contributed by atoms with E-state index in [9.17, 15) is 13.2 Å². The summed E-state index contributed by atoms with van der Waals surface area (Å²) in [6.45, 7) is 1.62. The van der Waals surface area contributed by atoms with E-state index in [0.29, 0.717) is 16.8 Å². The summed E-state index contributed by atoms with van der Waals surface area (Å²) in [7, 11) is -0.949. The SMILES string of the molecule is CC(c1cccc(-c2cn(C)c(=O)c(N)n2)c1)[SH](=O)=O. The Morgan fingerprint density at radius 1 is 1.35 bits per heavy atom. The lowest BCUT2D eigenvalue weighted by Crippen LogP contribution is -2.21. The predicted molar refractivity (Wildman–Crippen MR) is 78.1 cm³/mol. The molecular weight excluding hydrogens is 278 g/mol. The van der Waals surface area contributed by atoms with E-state index in [1.54, 1.807) is 44.4 Å². The third-order valence-corrected chi connectivity index (χ3v) is 4.01. The maximum Gasteiger partial charge on any atom is 0.292 e. The van der Waals surface area contributed by atoms with Gasteiger partial charge in [0.2, 0.25) is 0 Å². The number of hydrogen-bond acceptors (Lipinski definition) is 5. The van der Waals surface area contributed by atoms with Gasteiger partial charge in [-0.2, -0.15) is 0 Å². The molecule has 0 aliphatic rings. The molecule has 0 amide bonds. The number of benzene rings is 1. The van der Waals surface area contributed by atoms with Crippen LogP contribution in [0.1, 0.15) is 17.7 Å². The Bertz CT molecular complexity index is 746. The summed E-state index contributed by atoms with van der Waals surface area (Å²) in [6, 6.07) is 7.02. The van der Waals surface area contributed by atoms with Crippen molar-refractivity contribution in [3.8, 4) is 11.3 Å². The Balaban J connectivity index is 2.54. The average molecular weight is 293 g/mol. The highest BCUT2D eigenvalue weighted by molar-refractivity contribution is 7.72. The van der Waals surface area contributed by atoms with Crippen molar-refractivity contribution >= 4 is 16.5 Å². The highest BCUT2D eigenvalue weighted by Gasteiger charge is 2.11. The molecule has 0 saturated heterocycles. The molecule has 106 valence electrons. The van der Waals surface area contributed by atoms with Crippen LogP contribution in [0, 0.1) is 0 Å². The number of thiol groups is 1. The van der Waals surface area contributed by atoms with Gasteiger partial charge in [-0.3, -0.25) is 4.79 Å². The molecule has 0 spiro atoms. The molecule has 6 nitrogen and oxygen atoms in total. The highest BCUT2D eigenvalue weighted by Crippen LogP contribution is 2.23. The van der Waals surface area contributed by atoms with Crippen LogP contribution in [-0.4, -0.2) is 18.0 Å². The maximum absolute atomic E-state index is 11.5. The molecule has 0 aliphatic heterocycles. The fourth-order valence-electron chi connectivity index (χ4n) is 1.85. The van der Waals surface area contributed by atoms with Crippen LogP contribution in [-0.2, 0) is 17.8 Å². The fourth-order valence-corrected chi connectivity index (χ4v) is 2.25. The molecule has 7 heteroatoms. The Morgan fingerprint density at radius 2 is 2.05 bits per heavy atom. The number of nitrogens with two attached hydrogens (primary N) is 1. The zero-order valence-corrected chi connectivity index (χ0v) is 12.0. The molecule has 2 rings (SSSR count). The van der Waals surface area contributed by atoms with E-state index in [1.807, 2.05) is 0 Å². The lowest BCUT2D eigenvalue weighted by atomic mass is 10.1. The van der Waals surface area contributed by atoms with Crippen LogP contribution >= 0.6 is 0 Å². The van der Waals surface area contributed by atoms with Gasteiger partial charge in [-0.05, 0) is 18.6 Å². The monoisotopic (exact) mass is 293 g/mol. The first-order chi connectivity index (χ1) is 9.40. The summed E-state index contributed by atoms with van der Waals surface area (Å²) >= 11 is 0. The Hall–Kier alpha value is -2.15. The summed E-state index contributed by atoms with van der Waals surface area (Å²) in [5.74, 6) is -0.0849. The van der Waals surface area contributed by atoms with E-state index in [0.717, 1.165) is 0 Å². The quantitative estimate of drug-likeness (QED) is 0.812. The first-order valence-electron chi connectivity index (χ1n) is 5.97. The standard InChI is InChI=1S/C13H15N3O3S/c1-8(20(18)19)9-4-3-5-10(6-9)11-7-16(2)13(17)12(14)15-11/h3-8,20H,1-2H3,(H2,14,15). The van der Waals surface area contributed by atoms with Crippen molar-refractivity contribution in [2.24, 2.45) is 7.05 Å². The first-order valence-corrected chi connectivity index (χ1v) is 7.22. The number of aryl methyl sites for hydroxylation is 1. The second kappa shape index (κ2) is 5.46. The molecule has 2 aromatic rings. The summed E-state index contributed by atoms with van der Waals surface area (Å²) in [5.41, 5.74) is 7.12. The average Bonchev–Trinajstić information content (AvgIpc) is 2.43. The molecule has 0 aliphatic carbocycles. The molecule has 1 unspecified atom stereocenters. The molecule has 2 N–H and O–H groups in total. The maximum atomic E-state index is 11.5. The molecule has 1 atom stereocenters. The van der Waals surface area contributed by atoms with Crippen molar-refractivity contribution in [3.63, 3.8) is 0 Å². The number of aromatic nitrogens is 2. The molecule has 1 aromatic heterocycles. The van der Waals surface area contributed by atoms with Gasteiger partial charge in [-0.1, -0.05) is 18.2 Å². The van der Waals surface area contributed by atoms with E-state index in [4.69, 9.17) is 5.73 Å². The number of nitrogen functional groups attached to an aromatic ring is 1. The van der Waals surface area contributed by atoms with Gasteiger partial charge in [-0.15, -0.1) is 0 Å². The first kappa shape index (κ1) is 14.3. The van der Waals surface area contributed by atoms with Crippen LogP contribution in [0.2, 0.25) is 0 Å². The van der Waals surface area contributed by atoms with Crippen LogP contribution < -0.4 is 11.3 Å². The van der Waals surface area contributed by atoms with Crippen LogP contribution in [0.3, 0.4) is 0 Å². The normalized spacial score (nSPS) is 12.6. The Morgan fingerprint density at radius 3 is 2.65 bits per heavy atom. The van der Waals surface area contributed by atoms with E-state index in [2.05, 4.69) is 4.98 Å². The molecule has 20 heavy (non-hydrogen) atoms. The second-order valence-electron chi connectivity index (χ2n) is 4.51. The van der Waals surface area contributed by atoms with Crippen molar-refractivity contribution in [1.82, 2.24) is 9.55 Å². The topological polar surface area (TPSA) is 95.0 Å². The molecule has 0 saturated carbocycles. The van der Waals surface area contributed by atoms with Gasteiger partial charge >= 0.3 is 0 Å². The van der Waals surface area contributed by atoms with Crippen molar-refractivity contribution in [2.45, 2.75) is 12.2 Å². The summed E-state index contributed by atoms with van der Waals surface area (Å²) in [6.07, 6.45) is 1.57. The second-order valence-corrected chi connectivity index (χ2v) is 5.86. The number of rotatable bonds is 3. The van der Waals surface area contributed by atoms with Crippen molar-refractivity contribution < 1.29 is 8.42 Å². The minimum Gasteiger partial charge on any atom is -0.379 e. The van der Waals surface area contributed by atoms with Gasteiger partial charge in [0, 0.05) is 18.8 Å². The third kappa shape index (κ3) is 2.72. The summed E-state index contributed by atoms with van der Waals surface area (Å²) in [5, 5.41) is -0.574. The van der Waals surface area contributed by atoms with Crippen LogP contribution in [0.5, 0.6) is 0 Å². The third-order valence-electron chi connectivity index (χ3n) is 3.08. The minimum absolute atomic E-state index is 0.0849. The van der Waals surface area contributed by atoms with Crippen LogP contribution in [0.25, 0.3) is 11.3 Å². The van der Waals surface area contributed by atoms with Gasteiger partial charge in [0.05, 0.1) is 10.9 Å². The summed E-state index contributed by atoms with van der Waals surface area (Å²) < 4.78 is 23.5. The van der Waals surface area contributed by atoms with Gasteiger partial charge in [-0.25, -0.2) is 13.4 Å². The van der Waals surface area contributed by atoms with E-state index < -0.39 is 16.0 Å². The van der Waals surface area contributed by atoms with Crippen molar-refractivity contribution in [1.29, 1.82) is 0 Å². The van der Waals surface area contributed by atoms with Crippen molar-refractivity contribution in [2.75, 3.05) is 5.73 Å². The largest absolute Gasteiger partial charge is 0.379 e. The zero-order chi connectivity index (χ0) is 14.9. The van der Waals surface area contributed by atoms with Crippen LogP contribution in [0.15, 0.2) is 35.3 Å². The van der Waals surface area contributed by atoms with Gasteiger partial charge < -0.3 is 10.3 Å². The zero-order valence-electron chi connectivity index (χ0n) is 11.1. The Kier molecular flexibility index (Phi) is 3.89. The predicted octanol–water partition coefficient (Wildman–Crippen LogP) is 0.702. The van der Waals surface area contributed by atoms with Crippen molar-refractivity contribution in [3.05, 3.63) is 46.4 Å². The van der Waals surface area contributed by atoms with Gasteiger partial charge in [0.15, 0.2) is 5.82 Å². The van der Waals surface area contributed by atoms with E-state index >= 15 is 0 Å². The molecule has 0 radical (unpaired) electrons. The molecule has 0 fully saturated rings. The highest BCUT2D eigenvalue weighted by atomic mass is 32.2. The molecule has 0 bridgehead atoms. The number of nitrogens with zero attached hydrogens (tertiary/aromatic N) is 2. The molecular formula is C13H15N3O3S. The van der Waals surface area contributed by atoms with Crippen LogP contribution in [0.4, 0.5) is 5.82 Å². The Labute approximate surface area is 117 Å².